The van der Waals surface area contributed by atoms with E-state index >= 15 is 0 Å². The van der Waals surface area contributed by atoms with Crippen LogP contribution < -0.4 is 11.5 Å². The number of amides is 2. The Kier molecular flexibility index (Phi) is 3.67. The van der Waals surface area contributed by atoms with Crippen molar-refractivity contribution in [3.63, 3.8) is 0 Å². The van der Waals surface area contributed by atoms with E-state index in [1.807, 2.05) is 0 Å². The first-order valence-corrected chi connectivity index (χ1v) is 3.05. The molecular weight excluding hydrogens is 146 g/mol. The Labute approximate surface area is 64.0 Å². The lowest BCUT2D eigenvalue weighted by atomic mass is 10.0. The maximum absolute atomic E-state index is 10.5. The van der Waals surface area contributed by atoms with E-state index in [0.29, 0.717) is 0 Å². The maximum Gasteiger partial charge on any atom is 0.230 e. The molecule has 11 heavy (non-hydrogen) atoms. The number of nitrogens with zero attached hydrogens (tertiary/aromatic N) is 1. The van der Waals surface area contributed by atoms with E-state index in [-0.39, 0.29) is 12.8 Å². The lowest BCUT2D eigenvalue weighted by molar-refractivity contribution is -0.131. The zero-order chi connectivity index (χ0) is 8.85. The van der Waals surface area contributed by atoms with Crippen molar-refractivity contribution in [2.24, 2.45) is 17.4 Å². The van der Waals surface area contributed by atoms with Gasteiger partial charge in [0.25, 0.3) is 0 Å². The van der Waals surface area contributed by atoms with Crippen LogP contribution in [0, 0.1) is 17.2 Å². The number of primary amides is 2. The molecule has 0 aliphatic rings. The molecule has 0 aromatic heterocycles. The smallest absolute Gasteiger partial charge is 0.230 e. The lowest BCUT2D eigenvalue weighted by Crippen LogP contribution is -2.34. The Hall–Kier alpha value is -1.57. The third kappa shape index (κ3) is 3.20. The molecule has 0 unspecified atom stereocenters. The molecule has 0 saturated heterocycles. The van der Waals surface area contributed by atoms with Gasteiger partial charge in [-0.25, -0.2) is 0 Å². The summed E-state index contributed by atoms with van der Waals surface area (Å²) in [6.07, 6.45) is 0.220. The molecule has 0 radical (unpaired) electrons. The molecule has 0 bridgehead atoms. The number of hydrogen-bond donors (Lipinski definition) is 2. The maximum atomic E-state index is 10.5. The lowest BCUT2D eigenvalue weighted by Gasteiger charge is -2.04. The van der Waals surface area contributed by atoms with Gasteiger partial charge in [0, 0.05) is 6.42 Å². The average Bonchev–Trinajstić information content (AvgIpc) is 1.87. The van der Waals surface area contributed by atoms with Crippen molar-refractivity contribution in [2.45, 2.75) is 12.8 Å². The van der Waals surface area contributed by atoms with E-state index in [2.05, 4.69) is 0 Å². The summed E-state index contributed by atoms with van der Waals surface area (Å²) >= 11 is 0. The van der Waals surface area contributed by atoms with Crippen LogP contribution in [0.2, 0.25) is 0 Å². The van der Waals surface area contributed by atoms with Crippen molar-refractivity contribution >= 4 is 11.8 Å². The summed E-state index contributed by atoms with van der Waals surface area (Å²) in [6, 6.07) is 1.79. The van der Waals surface area contributed by atoms with Crippen LogP contribution in [0.4, 0.5) is 0 Å². The van der Waals surface area contributed by atoms with Gasteiger partial charge in [-0.1, -0.05) is 0 Å². The second-order valence-electron chi connectivity index (χ2n) is 2.05. The van der Waals surface area contributed by atoms with Gasteiger partial charge in [0.05, 0.1) is 6.07 Å². The summed E-state index contributed by atoms with van der Waals surface area (Å²) in [5.74, 6) is -2.55. The highest BCUT2D eigenvalue weighted by atomic mass is 16.2. The van der Waals surface area contributed by atoms with Crippen molar-refractivity contribution in [2.75, 3.05) is 0 Å². The largest absolute Gasteiger partial charge is 0.369 e. The van der Waals surface area contributed by atoms with Gasteiger partial charge in [-0.15, -0.1) is 0 Å². The molecule has 0 aromatic rings. The normalized spacial score (nSPS) is 9.09. The van der Waals surface area contributed by atoms with Crippen LogP contribution in [0.15, 0.2) is 0 Å². The molecule has 4 N–H and O–H groups in total. The zero-order valence-corrected chi connectivity index (χ0v) is 5.91. The van der Waals surface area contributed by atoms with Crippen molar-refractivity contribution in [3.05, 3.63) is 0 Å². The number of carbonyl (C=O) groups excluding carboxylic acids is 2. The van der Waals surface area contributed by atoms with Gasteiger partial charge in [-0.2, -0.15) is 5.26 Å². The predicted octanol–water partition coefficient (Wildman–Crippen LogP) is -1.12. The van der Waals surface area contributed by atoms with Crippen molar-refractivity contribution < 1.29 is 9.59 Å². The van der Waals surface area contributed by atoms with E-state index < -0.39 is 17.7 Å². The highest BCUT2D eigenvalue weighted by Crippen LogP contribution is 2.03. The zero-order valence-electron chi connectivity index (χ0n) is 5.91. The topological polar surface area (TPSA) is 110 Å². The highest BCUT2D eigenvalue weighted by molar-refractivity contribution is 5.98. The Balaban J connectivity index is 4.03. The quantitative estimate of drug-likeness (QED) is 0.501. The first-order chi connectivity index (χ1) is 5.09. The molecule has 0 aromatic carbocycles. The first kappa shape index (κ1) is 9.43. The van der Waals surface area contributed by atoms with Crippen LogP contribution in [0.3, 0.4) is 0 Å². The summed E-state index contributed by atoms with van der Waals surface area (Å²) in [4.78, 5) is 20.9. The van der Waals surface area contributed by atoms with E-state index in [1.165, 1.54) is 0 Å². The van der Waals surface area contributed by atoms with Gasteiger partial charge < -0.3 is 11.5 Å². The van der Waals surface area contributed by atoms with Gasteiger partial charge in [-0.05, 0) is 6.42 Å². The van der Waals surface area contributed by atoms with Gasteiger partial charge in [0.1, 0.15) is 5.92 Å². The standard InChI is InChI=1S/C6H9N3O2/c7-3-1-2-4(5(8)10)6(9)11/h4H,1-2H2,(H2,8,10)(H2,9,11). The summed E-state index contributed by atoms with van der Waals surface area (Å²) in [6.45, 7) is 0. The molecule has 0 saturated carbocycles. The fraction of sp³-hybridized carbons (Fsp3) is 0.500. The number of carbonyl (C=O) groups is 2. The van der Waals surface area contributed by atoms with Crippen LogP contribution >= 0.6 is 0 Å². The SMILES string of the molecule is N#CCCC(C(N)=O)C(N)=O. The molecule has 0 heterocycles. The van der Waals surface area contributed by atoms with Gasteiger partial charge in [0.15, 0.2) is 0 Å². The van der Waals surface area contributed by atoms with Crippen molar-refractivity contribution in [3.8, 4) is 6.07 Å². The minimum absolute atomic E-state index is 0.108. The molecule has 0 aliphatic heterocycles. The van der Waals surface area contributed by atoms with Crippen LogP contribution in [0.25, 0.3) is 0 Å². The van der Waals surface area contributed by atoms with Gasteiger partial charge >= 0.3 is 0 Å². The Morgan fingerprint density at radius 3 is 2.09 bits per heavy atom. The molecule has 0 rings (SSSR count). The highest BCUT2D eigenvalue weighted by Gasteiger charge is 2.20. The third-order valence-electron chi connectivity index (χ3n) is 1.23. The summed E-state index contributed by atoms with van der Waals surface area (Å²) in [5, 5.41) is 8.12. The van der Waals surface area contributed by atoms with Crippen LogP contribution in [-0.2, 0) is 9.59 Å². The fourth-order valence-corrected chi connectivity index (χ4v) is 0.634. The summed E-state index contributed by atoms with van der Waals surface area (Å²) < 4.78 is 0. The van der Waals surface area contributed by atoms with E-state index in [1.54, 1.807) is 6.07 Å². The first-order valence-electron chi connectivity index (χ1n) is 3.05. The van der Waals surface area contributed by atoms with Crippen LogP contribution in [0.1, 0.15) is 12.8 Å². The Bertz CT molecular complexity index is 192. The van der Waals surface area contributed by atoms with Crippen molar-refractivity contribution in [1.82, 2.24) is 0 Å². The van der Waals surface area contributed by atoms with Crippen LogP contribution in [0.5, 0.6) is 0 Å². The molecule has 60 valence electrons. The molecule has 5 heteroatoms. The molecule has 0 spiro atoms. The number of nitriles is 1. The molecule has 0 aliphatic carbocycles. The predicted molar refractivity (Wildman–Crippen MR) is 36.7 cm³/mol. The second-order valence-corrected chi connectivity index (χ2v) is 2.05. The molecule has 2 amide bonds. The molecule has 0 atom stereocenters. The second kappa shape index (κ2) is 4.28. The minimum atomic E-state index is -1.00. The van der Waals surface area contributed by atoms with E-state index in [0.717, 1.165) is 0 Å². The number of hydrogen-bond acceptors (Lipinski definition) is 3. The van der Waals surface area contributed by atoms with Gasteiger partial charge in [-0.3, -0.25) is 9.59 Å². The third-order valence-corrected chi connectivity index (χ3v) is 1.23. The van der Waals surface area contributed by atoms with E-state index in [4.69, 9.17) is 16.7 Å². The molecular formula is C6H9N3O2. The average molecular weight is 155 g/mol. The molecule has 5 nitrogen and oxygen atoms in total. The number of rotatable bonds is 4. The summed E-state index contributed by atoms with van der Waals surface area (Å²) in [7, 11) is 0. The Morgan fingerprint density at radius 1 is 1.36 bits per heavy atom. The van der Waals surface area contributed by atoms with E-state index in [9.17, 15) is 9.59 Å². The fourth-order valence-electron chi connectivity index (χ4n) is 0.634. The Morgan fingerprint density at radius 2 is 1.82 bits per heavy atom. The van der Waals surface area contributed by atoms with Crippen molar-refractivity contribution in [1.29, 1.82) is 5.26 Å². The number of nitrogens with two attached hydrogens (primary N) is 2. The monoisotopic (exact) mass is 155 g/mol. The minimum Gasteiger partial charge on any atom is -0.369 e. The van der Waals surface area contributed by atoms with Crippen LogP contribution in [-0.4, -0.2) is 11.8 Å². The van der Waals surface area contributed by atoms with Gasteiger partial charge in [0.2, 0.25) is 11.8 Å². The molecule has 0 fully saturated rings. The summed E-state index contributed by atoms with van der Waals surface area (Å²) in [5.41, 5.74) is 9.66.